The maximum atomic E-state index is 12.8. The molecule has 1 fully saturated rings. The standard InChI is InChI=1S/C14H18O4S3/c1-20-14(19)12(7-8-13-17-9-10-18-13)21(15,16)11-5-3-2-4-6-11/h2-6,12-13H,7-10H2,1H3. The van der Waals surface area contributed by atoms with Crippen LogP contribution in [0.5, 0.6) is 0 Å². The van der Waals surface area contributed by atoms with Crippen LogP contribution in [-0.2, 0) is 19.3 Å². The van der Waals surface area contributed by atoms with Gasteiger partial charge in [-0.15, -0.1) is 11.8 Å². The summed E-state index contributed by atoms with van der Waals surface area (Å²) in [7, 11) is -3.48. The van der Waals surface area contributed by atoms with Crippen LogP contribution in [0.25, 0.3) is 0 Å². The van der Waals surface area contributed by atoms with Crippen LogP contribution in [0.2, 0.25) is 0 Å². The van der Waals surface area contributed by atoms with Crippen molar-refractivity contribution >= 4 is 38.0 Å². The smallest absolute Gasteiger partial charge is 0.186 e. The lowest BCUT2D eigenvalue weighted by Gasteiger charge is -2.19. The fourth-order valence-corrected chi connectivity index (χ4v) is 5.28. The van der Waals surface area contributed by atoms with Crippen molar-refractivity contribution in [1.82, 2.24) is 0 Å². The molecule has 0 spiro atoms. The summed E-state index contributed by atoms with van der Waals surface area (Å²) in [5, 5.41) is -0.697. The molecule has 1 aliphatic heterocycles. The third-order valence-electron chi connectivity index (χ3n) is 3.27. The number of ether oxygens (including phenoxy) is 2. The van der Waals surface area contributed by atoms with E-state index in [1.165, 1.54) is 11.8 Å². The lowest BCUT2D eigenvalue weighted by Crippen LogP contribution is -2.29. The van der Waals surface area contributed by atoms with E-state index in [0.29, 0.717) is 35.1 Å². The average molecular weight is 346 g/mol. The second kappa shape index (κ2) is 7.69. The third kappa shape index (κ3) is 4.26. The summed E-state index contributed by atoms with van der Waals surface area (Å²) in [5.74, 6) is 0. The molecule has 1 unspecified atom stereocenters. The van der Waals surface area contributed by atoms with Gasteiger partial charge < -0.3 is 9.47 Å². The zero-order valence-electron chi connectivity index (χ0n) is 11.7. The molecule has 0 amide bonds. The maximum Gasteiger partial charge on any atom is 0.186 e. The molecular formula is C14H18O4S3. The molecule has 116 valence electrons. The van der Waals surface area contributed by atoms with Gasteiger partial charge in [0.25, 0.3) is 0 Å². The molecular weight excluding hydrogens is 328 g/mol. The molecule has 1 aliphatic rings. The molecule has 1 atom stereocenters. The second-order valence-electron chi connectivity index (χ2n) is 4.62. The van der Waals surface area contributed by atoms with Crippen LogP contribution in [0.4, 0.5) is 0 Å². The lowest BCUT2D eigenvalue weighted by atomic mass is 10.2. The highest BCUT2D eigenvalue weighted by Crippen LogP contribution is 2.26. The second-order valence-corrected chi connectivity index (χ2v) is 8.30. The van der Waals surface area contributed by atoms with Gasteiger partial charge in [0.15, 0.2) is 16.1 Å². The van der Waals surface area contributed by atoms with Crippen molar-refractivity contribution in [2.45, 2.75) is 29.3 Å². The van der Waals surface area contributed by atoms with Gasteiger partial charge in [-0.25, -0.2) is 8.42 Å². The van der Waals surface area contributed by atoms with Crippen molar-refractivity contribution in [3.05, 3.63) is 30.3 Å². The minimum Gasteiger partial charge on any atom is -0.350 e. The van der Waals surface area contributed by atoms with Crippen LogP contribution in [-0.4, -0.2) is 43.6 Å². The van der Waals surface area contributed by atoms with Gasteiger partial charge in [0.05, 0.1) is 22.3 Å². The van der Waals surface area contributed by atoms with Gasteiger partial charge in [-0.2, -0.15) is 0 Å². The van der Waals surface area contributed by atoms with Gasteiger partial charge in [-0.05, 0) is 31.2 Å². The molecule has 21 heavy (non-hydrogen) atoms. The fourth-order valence-electron chi connectivity index (χ4n) is 2.17. The number of thiocarbonyl (C=S) groups is 1. The van der Waals surface area contributed by atoms with Crippen LogP contribution in [0.3, 0.4) is 0 Å². The van der Waals surface area contributed by atoms with Crippen molar-refractivity contribution in [1.29, 1.82) is 0 Å². The highest BCUT2D eigenvalue weighted by molar-refractivity contribution is 8.24. The lowest BCUT2D eigenvalue weighted by molar-refractivity contribution is -0.0471. The first-order valence-corrected chi connectivity index (χ1v) is 9.83. The molecule has 2 rings (SSSR count). The van der Waals surface area contributed by atoms with Crippen LogP contribution in [0.15, 0.2) is 35.2 Å². The molecule has 0 aliphatic carbocycles. The maximum absolute atomic E-state index is 12.8. The number of thioether (sulfide) groups is 1. The molecule has 4 nitrogen and oxygen atoms in total. The monoisotopic (exact) mass is 346 g/mol. The number of hydrogen-bond donors (Lipinski definition) is 0. The minimum absolute atomic E-state index is 0.305. The third-order valence-corrected chi connectivity index (χ3v) is 7.19. The fraction of sp³-hybridized carbons (Fsp3) is 0.500. The van der Waals surface area contributed by atoms with E-state index in [9.17, 15) is 8.42 Å². The van der Waals surface area contributed by atoms with Gasteiger partial charge in [0, 0.05) is 0 Å². The largest absolute Gasteiger partial charge is 0.350 e. The Kier molecular flexibility index (Phi) is 6.19. The van der Waals surface area contributed by atoms with E-state index in [-0.39, 0.29) is 6.29 Å². The predicted molar refractivity (Wildman–Crippen MR) is 88.5 cm³/mol. The Morgan fingerprint density at radius 2 is 1.95 bits per heavy atom. The highest BCUT2D eigenvalue weighted by atomic mass is 32.2. The number of sulfone groups is 1. The minimum atomic E-state index is -3.48. The average Bonchev–Trinajstić information content (AvgIpc) is 3.01. The van der Waals surface area contributed by atoms with E-state index >= 15 is 0 Å². The summed E-state index contributed by atoms with van der Waals surface area (Å²) in [5.41, 5.74) is 0. The molecule has 1 heterocycles. The SMILES string of the molecule is CSC(=S)C(CCC1OCCO1)S(=O)(=O)c1ccccc1. The first kappa shape index (κ1) is 16.9. The van der Waals surface area contributed by atoms with E-state index in [4.69, 9.17) is 21.7 Å². The molecule has 1 saturated heterocycles. The Labute approximate surface area is 135 Å². The molecule has 0 N–H and O–H groups in total. The Morgan fingerprint density at radius 1 is 1.33 bits per heavy atom. The Bertz CT molecular complexity index is 565. The van der Waals surface area contributed by atoms with Gasteiger partial charge in [-0.1, -0.05) is 30.4 Å². The summed E-state index contributed by atoms with van der Waals surface area (Å²) in [6.45, 7) is 1.13. The Balaban J connectivity index is 2.16. The van der Waals surface area contributed by atoms with Crippen molar-refractivity contribution in [3.8, 4) is 0 Å². The predicted octanol–water partition coefficient (Wildman–Crippen LogP) is 2.67. The Morgan fingerprint density at radius 3 is 2.52 bits per heavy atom. The first-order valence-electron chi connectivity index (χ1n) is 6.65. The zero-order valence-corrected chi connectivity index (χ0v) is 14.2. The van der Waals surface area contributed by atoms with Crippen LogP contribution < -0.4 is 0 Å². The van der Waals surface area contributed by atoms with Crippen LogP contribution in [0, 0.1) is 0 Å². The molecule has 0 bridgehead atoms. The molecule has 1 aromatic carbocycles. The van der Waals surface area contributed by atoms with Crippen LogP contribution in [0.1, 0.15) is 12.8 Å². The molecule has 0 radical (unpaired) electrons. The quantitative estimate of drug-likeness (QED) is 0.738. The zero-order chi connectivity index (χ0) is 15.3. The highest BCUT2D eigenvalue weighted by Gasteiger charge is 2.32. The van der Waals surface area contributed by atoms with Gasteiger partial charge in [0.1, 0.15) is 5.25 Å². The number of benzene rings is 1. The van der Waals surface area contributed by atoms with Crippen molar-refractivity contribution in [2.75, 3.05) is 19.5 Å². The summed E-state index contributed by atoms with van der Waals surface area (Å²) in [6, 6.07) is 8.44. The van der Waals surface area contributed by atoms with Crippen molar-refractivity contribution in [3.63, 3.8) is 0 Å². The van der Waals surface area contributed by atoms with Gasteiger partial charge >= 0.3 is 0 Å². The normalized spacial score (nSPS) is 17.8. The van der Waals surface area contributed by atoms with Crippen molar-refractivity contribution in [2.24, 2.45) is 0 Å². The van der Waals surface area contributed by atoms with E-state index in [2.05, 4.69) is 0 Å². The molecule has 0 aromatic heterocycles. The van der Waals surface area contributed by atoms with Gasteiger partial charge in [0.2, 0.25) is 0 Å². The van der Waals surface area contributed by atoms with Crippen molar-refractivity contribution < 1.29 is 17.9 Å². The van der Waals surface area contributed by atoms with E-state index in [1.54, 1.807) is 36.6 Å². The van der Waals surface area contributed by atoms with E-state index < -0.39 is 15.1 Å². The molecule has 7 heteroatoms. The summed E-state index contributed by atoms with van der Waals surface area (Å²) in [4.78, 5) is 0.305. The number of rotatable bonds is 6. The Hall–Kier alpha value is -0.470. The number of hydrogen-bond acceptors (Lipinski definition) is 6. The van der Waals surface area contributed by atoms with E-state index in [0.717, 1.165) is 0 Å². The summed E-state index contributed by atoms with van der Waals surface area (Å²) in [6.07, 6.45) is 2.42. The summed E-state index contributed by atoms with van der Waals surface area (Å²) >= 11 is 6.57. The van der Waals surface area contributed by atoms with Crippen LogP contribution >= 0.6 is 24.0 Å². The molecule has 1 aromatic rings. The first-order chi connectivity index (χ1) is 10.1. The van der Waals surface area contributed by atoms with E-state index in [1.807, 2.05) is 0 Å². The topological polar surface area (TPSA) is 52.6 Å². The molecule has 0 saturated carbocycles. The summed E-state index contributed by atoms with van der Waals surface area (Å²) < 4.78 is 36.7. The van der Waals surface area contributed by atoms with Gasteiger partial charge in [-0.3, -0.25) is 0 Å².